The van der Waals surface area contributed by atoms with Gasteiger partial charge in [-0.1, -0.05) is 54.1 Å². The predicted molar refractivity (Wildman–Crippen MR) is 100.0 cm³/mol. The van der Waals surface area contributed by atoms with Crippen molar-refractivity contribution < 1.29 is 9.53 Å². The lowest BCUT2D eigenvalue weighted by molar-refractivity contribution is -0.115. The molecule has 3 aromatic rings. The molecule has 3 aromatic carbocycles. The van der Waals surface area contributed by atoms with Crippen LogP contribution in [0, 0.1) is 0 Å². The predicted octanol–water partition coefficient (Wildman–Crippen LogP) is 5.08. The molecule has 3 nitrogen and oxygen atoms in total. The molecule has 0 aliphatic carbocycles. The SMILES string of the molecule is O=C1Cc2cc(-c3c(Cl)cccc3OCc3ccccc3)ccc2N1. The van der Waals surface area contributed by atoms with Crippen molar-refractivity contribution in [1.29, 1.82) is 0 Å². The third-order valence-corrected chi connectivity index (χ3v) is 4.55. The first-order valence-electron chi connectivity index (χ1n) is 8.09. The molecule has 0 fully saturated rings. The van der Waals surface area contributed by atoms with E-state index in [0.717, 1.165) is 33.7 Å². The smallest absolute Gasteiger partial charge is 0.228 e. The monoisotopic (exact) mass is 349 g/mol. The lowest BCUT2D eigenvalue weighted by Gasteiger charge is -2.14. The van der Waals surface area contributed by atoms with Crippen molar-refractivity contribution in [2.24, 2.45) is 0 Å². The van der Waals surface area contributed by atoms with Crippen LogP contribution in [0.1, 0.15) is 11.1 Å². The van der Waals surface area contributed by atoms with E-state index in [-0.39, 0.29) is 5.91 Å². The van der Waals surface area contributed by atoms with E-state index < -0.39 is 0 Å². The van der Waals surface area contributed by atoms with Gasteiger partial charge in [0.15, 0.2) is 0 Å². The molecule has 0 saturated carbocycles. The Morgan fingerprint density at radius 1 is 1.00 bits per heavy atom. The van der Waals surface area contributed by atoms with E-state index in [4.69, 9.17) is 16.3 Å². The van der Waals surface area contributed by atoms with Gasteiger partial charge in [-0.3, -0.25) is 4.79 Å². The summed E-state index contributed by atoms with van der Waals surface area (Å²) < 4.78 is 6.03. The topological polar surface area (TPSA) is 38.3 Å². The van der Waals surface area contributed by atoms with Gasteiger partial charge in [-0.05, 0) is 41.0 Å². The second-order valence-corrected chi connectivity index (χ2v) is 6.39. The van der Waals surface area contributed by atoms with Gasteiger partial charge < -0.3 is 10.1 Å². The summed E-state index contributed by atoms with van der Waals surface area (Å²) >= 11 is 6.46. The van der Waals surface area contributed by atoms with Gasteiger partial charge in [-0.15, -0.1) is 0 Å². The number of amides is 1. The van der Waals surface area contributed by atoms with Crippen molar-refractivity contribution >= 4 is 23.2 Å². The third-order valence-electron chi connectivity index (χ3n) is 4.23. The summed E-state index contributed by atoms with van der Waals surface area (Å²) in [5.41, 5.74) is 4.74. The Kier molecular flexibility index (Phi) is 4.16. The number of carbonyl (C=O) groups is 1. The molecule has 0 spiro atoms. The second-order valence-electron chi connectivity index (χ2n) is 5.98. The molecule has 25 heavy (non-hydrogen) atoms. The van der Waals surface area contributed by atoms with Gasteiger partial charge in [0.2, 0.25) is 5.91 Å². The average molecular weight is 350 g/mol. The molecule has 124 valence electrons. The largest absolute Gasteiger partial charge is 0.488 e. The maximum Gasteiger partial charge on any atom is 0.228 e. The highest BCUT2D eigenvalue weighted by Crippen LogP contribution is 2.39. The summed E-state index contributed by atoms with van der Waals surface area (Å²) in [5.74, 6) is 0.750. The number of hydrogen-bond donors (Lipinski definition) is 1. The summed E-state index contributed by atoms with van der Waals surface area (Å²) in [6.45, 7) is 0.471. The zero-order valence-electron chi connectivity index (χ0n) is 13.5. The Morgan fingerprint density at radius 2 is 1.84 bits per heavy atom. The van der Waals surface area contributed by atoms with Gasteiger partial charge in [0.25, 0.3) is 0 Å². The number of carbonyl (C=O) groups excluding carboxylic acids is 1. The standard InChI is InChI=1S/C21H16ClNO2/c22-17-7-4-8-19(25-13-14-5-2-1-3-6-14)21(17)15-9-10-18-16(11-15)12-20(24)23-18/h1-11H,12-13H2,(H,23,24). The molecule has 0 bridgehead atoms. The van der Waals surface area contributed by atoms with E-state index >= 15 is 0 Å². The van der Waals surface area contributed by atoms with E-state index in [1.807, 2.05) is 66.7 Å². The Morgan fingerprint density at radius 3 is 2.68 bits per heavy atom. The number of halogens is 1. The summed E-state index contributed by atoms with van der Waals surface area (Å²) in [5, 5.41) is 3.48. The zero-order chi connectivity index (χ0) is 17.2. The highest BCUT2D eigenvalue weighted by molar-refractivity contribution is 6.33. The summed E-state index contributed by atoms with van der Waals surface area (Å²) in [6.07, 6.45) is 0.397. The molecule has 1 heterocycles. The highest BCUT2D eigenvalue weighted by Gasteiger charge is 2.19. The van der Waals surface area contributed by atoms with Crippen LogP contribution in [0.2, 0.25) is 5.02 Å². The molecule has 0 radical (unpaired) electrons. The second kappa shape index (κ2) is 6.61. The summed E-state index contributed by atoms with van der Waals surface area (Å²) in [7, 11) is 0. The fourth-order valence-electron chi connectivity index (χ4n) is 3.02. The molecule has 0 atom stereocenters. The first-order valence-corrected chi connectivity index (χ1v) is 8.47. The highest BCUT2D eigenvalue weighted by atomic mass is 35.5. The zero-order valence-corrected chi connectivity index (χ0v) is 14.2. The van der Waals surface area contributed by atoms with Gasteiger partial charge in [-0.2, -0.15) is 0 Å². The van der Waals surface area contributed by atoms with Gasteiger partial charge >= 0.3 is 0 Å². The quantitative estimate of drug-likeness (QED) is 0.713. The van der Waals surface area contributed by atoms with Crippen LogP contribution < -0.4 is 10.1 Å². The molecule has 4 rings (SSSR count). The number of rotatable bonds is 4. The lowest BCUT2D eigenvalue weighted by Crippen LogP contribution is -2.03. The lowest BCUT2D eigenvalue weighted by atomic mass is 10.0. The number of anilines is 1. The number of nitrogens with one attached hydrogen (secondary N) is 1. The van der Waals surface area contributed by atoms with Crippen molar-refractivity contribution in [1.82, 2.24) is 0 Å². The number of hydrogen-bond acceptors (Lipinski definition) is 2. The van der Waals surface area contributed by atoms with Crippen LogP contribution in [-0.2, 0) is 17.8 Å². The maximum atomic E-state index is 11.6. The van der Waals surface area contributed by atoms with Crippen LogP contribution in [0.25, 0.3) is 11.1 Å². The van der Waals surface area contributed by atoms with Gasteiger partial charge in [-0.25, -0.2) is 0 Å². The first-order chi connectivity index (χ1) is 12.2. The Labute approximate surface area is 151 Å². The third kappa shape index (κ3) is 3.24. The minimum atomic E-state index is 0.0202. The number of fused-ring (bicyclic) bond motifs is 1. The molecule has 0 saturated heterocycles. The van der Waals surface area contributed by atoms with Crippen LogP contribution in [0.4, 0.5) is 5.69 Å². The van der Waals surface area contributed by atoms with Crippen LogP contribution >= 0.6 is 11.6 Å². The molecule has 1 aliphatic heterocycles. The van der Waals surface area contributed by atoms with Crippen molar-refractivity contribution in [2.45, 2.75) is 13.0 Å². The molecular weight excluding hydrogens is 334 g/mol. The van der Waals surface area contributed by atoms with E-state index in [1.165, 1.54) is 0 Å². The summed E-state index contributed by atoms with van der Waals surface area (Å²) in [4.78, 5) is 11.6. The van der Waals surface area contributed by atoms with E-state index in [1.54, 1.807) is 0 Å². The van der Waals surface area contributed by atoms with Gasteiger partial charge in [0.05, 0.1) is 11.4 Å². The first kappa shape index (κ1) is 15.7. The Bertz CT molecular complexity index is 938. The van der Waals surface area contributed by atoms with Crippen LogP contribution in [0.3, 0.4) is 0 Å². The molecule has 0 unspecified atom stereocenters. The van der Waals surface area contributed by atoms with Gasteiger partial charge in [0, 0.05) is 11.3 Å². The number of ether oxygens (including phenoxy) is 1. The molecule has 1 amide bonds. The van der Waals surface area contributed by atoms with Crippen LogP contribution in [-0.4, -0.2) is 5.91 Å². The summed E-state index contributed by atoms with van der Waals surface area (Å²) in [6, 6.07) is 21.5. The number of benzene rings is 3. The molecule has 1 aliphatic rings. The Hall–Kier alpha value is -2.78. The van der Waals surface area contributed by atoms with Crippen molar-refractivity contribution in [3.8, 4) is 16.9 Å². The minimum absolute atomic E-state index is 0.0202. The molecule has 0 aromatic heterocycles. The van der Waals surface area contributed by atoms with E-state index in [2.05, 4.69) is 5.32 Å². The van der Waals surface area contributed by atoms with E-state index in [0.29, 0.717) is 18.1 Å². The van der Waals surface area contributed by atoms with Crippen molar-refractivity contribution in [3.63, 3.8) is 0 Å². The normalized spacial score (nSPS) is 12.6. The van der Waals surface area contributed by atoms with Gasteiger partial charge in [0.1, 0.15) is 12.4 Å². The maximum absolute atomic E-state index is 11.6. The fourth-order valence-corrected chi connectivity index (χ4v) is 3.30. The molecule has 1 N–H and O–H groups in total. The van der Waals surface area contributed by atoms with Crippen LogP contribution in [0.5, 0.6) is 5.75 Å². The van der Waals surface area contributed by atoms with E-state index in [9.17, 15) is 4.79 Å². The minimum Gasteiger partial charge on any atom is -0.488 e. The fraction of sp³-hybridized carbons (Fsp3) is 0.0952. The van der Waals surface area contributed by atoms with Crippen LogP contribution in [0.15, 0.2) is 66.7 Å². The molecule has 4 heteroatoms. The average Bonchev–Trinajstić information content (AvgIpc) is 3.00. The van der Waals surface area contributed by atoms with Crippen molar-refractivity contribution in [3.05, 3.63) is 82.9 Å². The molecular formula is C21H16ClNO2. The van der Waals surface area contributed by atoms with Crippen molar-refractivity contribution in [2.75, 3.05) is 5.32 Å². The Balaban J connectivity index is 1.68.